The molecule has 0 heterocycles. The van der Waals surface area contributed by atoms with Crippen LogP contribution in [0.5, 0.6) is 0 Å². The number of carbonyl (C=O) groups is 1. The smallest absolute Gasteiger partial charge is 0.180 e. The second-order valence-corrected chi connectivity index (χ2v) is 6.06. The number of allylic oxidation sites excluding steroid dienone is 8. The van der Waals surface area contributed by atoms with Crippen molar-refractivity contribution in [1.82, 2.24) is 0 Å². The van der Waals surface area contributed by atoms with Crippen molar-refractivity contribution in [1.29, 1.82) is 0 Å². The Kier molecular flexibility index (Phi) is 14.6. The van der Waals surface area contributed by atoms with Gasteiger partial charge >= 0.3 is 0 Å². The molecule has 164 valence electrons. The summed E-state index contributed by atoms with van der Waals surface area (Å²) in [6.07, 6.45) is 15.5. The molecule has 1 unspecified atom stereocenters. The molecule has 0 amide bonds. The Hall–Kier alpha value is -2.74. The molecule has 30 heavy (non-hydrogen) atoms. The Morgan fingerprint density at radius 3 is 2.83 bits per heavy atom. The molecule has 0 aliphatic heterocycles. The SMILES string of the molecule is C=CN=C/C=C/CC(=O)/C(C=C)=C/C(=C/CN)C1=CC(C(O)OCCF)=CCC1.F. The Balaban J connectivity index is 0.00000841. The molecule has 0 fully saturated rings. The molecule has 3 N–H and O–H groups in total. The van der Waals surface area contributed by atoms with Crippen LogP contribution in [-0.2, 0) is 9.53 Å². The van der Waals surface area contributed by atoms with Gasteiger partial charge in [0.25, 0.3) is 0 Å². The maximum atomic E-state index is 12.5. The Morgan fingerprint density at radius 1 is 1.43 bits per heavy atom. The Morgan fingerprint density at radius 2 is 2.20 bits per heavy atom. The highest BCUT2D eigenvalue weighted by Gasteiger charge is 2.16. The van der Waals surface area contributed by atoms with E-state index in [1.807, 2.05) is 12.2 Å². The first-order valence-corrected chi connectivity index (χ1v) is 9.40. The molecule has 0 spiro atoms. The average molecular weight is 421 g/mol. The highest BCUT2D eigenvalue weighted by molar-refractivity contribution is 5.99. The van der Waals surface area contributed by atoms with Gasteiger partial charge in [-0.25, -0.2) is 4.39 Å². The third kappa shape index (κ3) is 9.65. The third-order valence-corrected chi connectivity index (χ3v) is 4.05. The molecule has 0 saturated carbocycles. The van der Waals surface area contributed by atoms with Gasteiger partial charge in [-0.1, -0.05) is 43.5 Å². The van der Waals surface area contributed by atoms with Gasteiger partial charge in [-0.2, -0.15) is 0 Å². The number of halogens is 2. The third-order valence-electron chi connectivity index (χ3n) is 4.05. The normalized spacial score (nSPS) is 16.1. The second kappa shape index (κ2) is 16.1. The van der Waals surface area contributed by atoms with Gasteiger partial charge < -0.3 is 15.6 Å². The fourth-order valence-electron chi connectivity index (χ4n) is 2.67. The van der Waals surface area contributed by atoms with Gasteiger partial charge in [0.15, 0.2) is 12.1 Å². The summed E-state index contributed by atoms with van der Waals surface area (Å²) in [5, 5.41) is 10.1. The summed E-state index contributed by atoms with van der Waals surface area (Å²) < 4.78 is 17.3. The molecule has 0 aromatic rings. The van der Waals surface area contributed by atoms with Crippen LogP contribution >= 0.6 is 0 Å². The van der Waals surface area contributed by atoms with Gasteiger partial charge in [0.05, 0.1) is 6.61 Å². The summed E-state index contributed by atoms with van der Waals surface area (Å²) >= 11 is 0. The van der Waals surface area contributed by atoms with E-state index in [1.165, 1.54) is 12.3 Å². The van der Waals surface area contributed by atoms with Crippen LogP contribution < -0.4 is 5.73 Å². The van der Waals surface area contributed by atoms with Crippen LogP contribution in [0.15, 0.2) is 89.2 Å². The molecule has 1 rings (SSSR count). The molecule has 5 nitrogen and oxygen atoms in total. The number of Topliss-reactive ketones (excluding diaryl/α,β-unsaturated/α-hetero) is 1. The standard InChI is InChI=1S/C23H29FN2O3.FH/c1-3-18(22(27)10-5-6-14-26-4-2)16-20(11-13-25)19-8-7-9-21(17-19)23(28)29-15-12-24;/h3-6,9,11,14,16-17,23,28H,1-2,7-8,10,12-13,15,25H2;1H/b6-5+,18-16+,20-11-,26-14?;. The van der Waals surface area contributed by atoms with E-state index in [0.717, 1.165) is 17.6 Å². The number of aliphatic hydroxyl groups excluding tert-OH is 1. The van der Waals surface area contributed by atoms with Crippen LogP contribution in [0.2, 0.25) is 0 Å². The summed E-state index contributed by atoms with van der Waals surface area (Å²) in [5.74, 6) is -0.0929. The number of rotatable bonds is 13. The number of ether oxygens (including phenoxy) is 1. The van der Waals surface area contributed by atoms with Gasteiger partial charge in [0, 0.05) is 36.5 Å². The van der Waals surface area contributed by atoms with Gasteiger partial charge in [0.2, 0.25) is 0 Å². The van der Waals surface area contributed by atoms with Gasteiger partial charge in [-0.05, 0) is 36.1 Å². The van der Waals surface area contributed by atoms with Crippen molar-refractivity contribution in [2.75, 3.05) is 19.8 Å². The number of nitrogens with two attached hydrogens (primary N) is 1. The largest absolute Gasteiger partial charge is 0.364 e. The fraction of sp³-hybridized carbons (Fsp3) is 0.304. The zero-order valence-electron chi connectivity index (χ0n) is 17.0. The Bertz CT molecular complexity index is 762. The first-order valence-electron chi connectivity index (χ1n) is 9.40. The molecule has 0 saturated heterocycles. The molecule has 1 aliphatic carbocycles. The number of carbonyl (C=O) groups excluding carboxylic acids is 1. The number of hydrogen-bond acceptors (Lipinski definition) is 5. The number of hydrogen-bond donors (Lipinski definition) is 2. The fourth-order valence-corrected chi connectivity index (χ4v) is 2.67. The van der Waals surface area contributed by atoms with Crippen LogP contribution in [-0.4, -0.2) is 43.2 Å². The minimum Gasteiger partial charge on any atom is -0.364 e. The van der Waals surface area contributed by atoms with Crippen LogP contribution in [0.25, 0.3) is 0 Å². The van der Waals surface area contributed by atoms with E-state index in [-0.39, 0.29) is 23.5 Å². The van der Waals surface area contributed by atoms with E-state index in [9.17, 15) is 14.3 Å². The van der Waals surface area contributed by atoms with Crippen LogP contribution in [0.4, 0.5) is 9.09 Å². The maximum Gasteiger partial charge on any atom is 0.180 e. The molecule has 0 aromatic heterocycles. The quantitative estimate of drug-likeness (QED) is 0.205. The first-order chi connectivity index (χ1) is 14.1. The first kappa shape index (κ1) is 27.3. The topological polar surface area (TPSA) is 84.9 Å². The van der Waals surface area contributed by atoms with Crippen LogP contribution in [0, 0.1) is 0 Å². The van der Waals surface area contributed by atoms with Crippen molar-refractivity contribution >= 4 is 12.0 Å². The molecule has 0 aromatic carbocycles. The molecular formula is C23H30F2N2O3. The highest BCUT2D eigenvalue weighted by atomic mass is 19.1. The number of aliphatic hydroxyl groups is 1. The van der Waals surface area contributed by atoms with Crippen LogP contribution in [0.3, 0.4) is 0 Å². The summed E-state index contributed by atoms with van der Waals surface area (Å²) in [7, 11) is 0. The predicted molar refractivity (Wildman–Crippen MR) is 119 cm³/mol. The van der Waals surface area contributed by atoms with Crippen molar-refractivity contribution in [3.63, 3.8) is 0 Å². The van der Waals surface area contributed by atoms with Gasteiger partial charge in [-0.15, -0.1) is 0 Å². The summed E-state index contributed by atoms with van der Waals surface area (Å²) in [6, 6.07) is 0. The predicted octanol–water partition coefficient (Wildman–Crippen LogP) is 3.82. The van der Waals surface area contributed by atoms with E-state index in [4.69, 9.17) is 10.5 Å². The molecule has 0 radical (unpaired) electrons. The highest BCUT2D eigenvalue weighted by Crippen LogP contribution is 2.27. The zero-order chi connectivity index (χ0) is 21.5. The number of aliphatic imine (C=N–C) groups is 1. The van der Waals surface area contributed by atoms with E-state index < -0.39 is 13.0 Å². The van der Waals surface area contributed by atoms with Crippen molar-refractivity contribution in [2.24, 2.45) is 10.7 Å². The van der Waals surface area contributed by atoms with Gasteiger partial charge in [0.1, 0.15) is 6.67 Å². The monoisotopic (exact) mass is 420 g/mol. The molecule has 7 heteroatoms. The second-order valence-electron chi connectivity index (χ2n) is 6.06. The zero-order valence-corrected chi connectivity index (χ0v) is 17.0. The molecular weight excluding hydrogens is 390 g/mol. The van der Waals surface area contributed by atoms with E-state index in [1.54, 1.807) is 30.5 Å². The van der Waals surface area contributed by atoms with Crippen molar-refractivity contribution in [2.45, 2.75) is 25.6 Å². The lowest BCUT2D eigenvalue weighted by Crippen LogP contribution is -2.17. The molecule has 0 bridgehead atoms. The molecule has 1 aliphatic rings. The maximum absolute atomic E-state index is 12.5. The summed E-state index contributed by atoms with van der Waals surface area (Å²) in [4.78, 5) is 16.3. The Labute approximate surface area is 176 Å². The van der Waals surface area contributed by atoms with E-state index >= 15 is 0 Å². The van der Waals surface area contributed by atoms with Crippen molar-refractivity contribution in [3.8, 4) is 0 Å². The number of nitrogens with zero attached hydrogens (tertiary/aromatic N) is 1. The lowest BCUT2D eigenvalue weighted by molar-refractivity contribution is -0.114. The summed E-state index contributed by atoms with van der Waals surface area (Å²) in [6.45, 7) is 6.66. The lowest BCUT2D eigenvalue weighted by Gasteiger charge is -2.19. The molecule has 1 atom stereocenters. The number of alkyl halides is 1. The van der Waals surface area contributed by atoms with E-state index in [2.05, 4.69) is 18.2 Å². The average Bonchev–Trinajstić information content (AvgIpc) is 2.74. The van der Waals surface area contributed by atoms with Gasteiger partial charge in [-0.3, -0.25) is 14.5 Å². The number of ketones is 1. The van der Waals surface area contributed by atoms with Crippen LogP contribution in [0.1, 0.15) is 19.3 Å². The van der Waals surface area contributed by atoms with Crippen molar-refractivity contribution < 1.29 is 23.7 Å². The lowest BCUT2D eigenvalue weighted by atomic mass is 9.91. The summed E-state index contributed by atoms with van der Waals surface area (Å²) in [5.41, 5.74) is 8.43. The van der Waals surface area contributed by atoms with E-state index in [0.29, 0.717) is 24.1 Å². The van der Waals surface area contributed by atoms with Crippen molar-refractivity contribution in [3.05, 3.63) is 84.2 Å². The minimum absolute atomic E-state index is 0. The minimum atomic E-state index is -1.19.